The van der Waals surface area contributed by atoms with E-state index < -0.39 is 11.0 Å². The van der Waals surface area contributed by atoms with E-state index in [0.29, 0.717) is 12.6 Å². The summed E-state index contributed by atoms with van der Waals surface area (Å²) in [5.74, 6) is 2.38. The highest BCUT2D eigenvalue weighted by molar-refractivity contribution is 5.65. The maximum atomic E-state index is 12.4. The van der Waals surface area contributed by atoms with Crippen LogP contribution >= 0.6 is 0 Å². The Kier molecular flexibility index (Phi) is 5.38. The summed E-state index contributed by atoms with van der Waals surface area (Å²) < 4.78 is 13.7. The highest BCUT2D eigenvalue weighted by Crippen LogP contribution is 2.77. The number of benzene rings is 2. The van der Waals surface area contributed by atoms with E-state index in [2.05, 4.69) is 62.1 Å². The van der Waals surface area contributed by atoms with Crippen LogP contribution in [0.4, 0.5) is 0 Å². The van der Waals surface area contributed by atoms with Gasteiger partial charge in [0.25, 0.3) is 0 Å². The van der Waals surface area contributed by atoms with Crippen molar-refractivity contribution >= 4 is 0 Å². The fourth-order valence-corrected chi connectivity index (χ4v) is 9.94. The molecule has 2 spiro atoms. The van der Waals surface area contributed by atoms with Gasteiger partial charge in [0.15, 0.2) is 11.5 Å². The molecular formula is C36H45NO4. The summed E-state index contributed by atoms with van der Waals surface area (Å²) in [6.45, 7) is 11.1. The summed E-state index contributed by atoms with van der Waals surface area (Å²) in [6.07, 6.45) is 10.1. The van der Waals surface area contributed by atoms with E-state index in [9.17, 15) is 10.2 Å². The Morgan fingerprint density at radius 1 is 1.05 bits per heavy atom. The molecule has 3 fully saturated rings. The molecule has 5 nitrogen and oxygen atoms in total. The predicted octanol–water partition coefficient (Wildman–Crippen LogP) is 5.66. The average molecular weight is 556 g/mol. The summed E-state index contributed by atoms with van der Waals surface area (Å²) in [6, 6.07) is 15.1. The standard InChI is InChI=1S/C36H45NO4/c1-32(2,3)33(4,39)27-19-35-15-14-34(27,22-38)31-36(35)16-17-37(20-23-10-11-23)28(35)18-25-12-13-26(30(41-31)29(25)36)40-21-24-8-6-5-7-9-24/h5-9,12-15,23,27-28,31,38-39H,10-11,16-22H2,1-4H3/t27?,28-,31+,33+,34?,35-,36+/m1/s1. The van der Waals surface area contributed by atoms with Gasteiger partial charge in [0.05, 0.1) is 17.6 Å². The van der Waals surface area contributed by atoms with Crippen LogP contribution in [-0.2, 0) is 18.4 Å². The summed E-state index contributed by atoms with van der Waals surface area (Å²) in [5.41, 5.74) is 1.46. The van der Waals surface area contributed by atoms with E-state index in [1.54, 1.807) is 0 Å². The largest absolute Gasteiger partial charge is 0.485 e. The number of piperidine rings is 1. The van der Waals surface area contributed by atoms with Gasteiger partial charge in [0, 0.05) is 34.9 Å². The van der Waals surface area contributed by atoms with E-state index >= 15 is 0 Å². The first kappa shape index (κ1) is 26.3. The third-order valence-corrected chi connectivity index (χ3v) is 12.7. The van der Waals surface area contributed by atoms with Crippen LogP contribution in [0.2, 0.25) is 0 Å². The molecule has 0 amide bonds. The van der Waals surface area contributed by atoms with Crippen LogP contribution in [0.3, 0.4) is 0 Å². The van der Waals surface area contributed by atoms with Crippen molar-refractivity contribution in [3.05, 3.63) is 71.3 Å². The number of nitrogens with zero attached hydrogens (tertiary/aromatic N) is 1. The SMILES string of the molecule is CC(C)(C)[C@@](C)(O)C1C[C@@]23C=CC1(CO)[C@@H]1Oc4c(OCc5ccccc5)ccc5c4[C@@]12CCN(CC1CC1)[C@@H]3C5. The van der Waals surface area contributed by atoms with Gasteiger partial charge in [0.1, 0.15) is 12.7 Å². The normalized spacial score (nSPS) is 37.9. The van der Waals surface area contributed by atoms with Gasteiger partial charge in [-0.25, -0.2) is 0 Å². The molecule has 41 heavy (non-hydrogen) atoms. The smallest absolute Gasteiger partial charge is 0.165 e. The van der Waals surface area contributed by atoms with Gasteiger partial charge in [-0.1, -0.05) is 69.3 Å². The van der Waals surface area contributed by atoms with Crippen LogP contribution in [0.1, 0.15) is 70.1 Å². The first-order valence-electron chi connectivity index (χ1n) is 15.8. The number of fused-ring (bicyclic) bond motifs is 1. The summed E-state index contributed by atoms with van der Waals surface area (Å²) >= 11 is 0. The third-order valence-electron chi connectivity index (χ3n) is 12.7. The van der Waals surface area contributed by atoms with Crippen molar-refractivity contribution in [1.82, 2.24) is 4.90 Å². The topological polar surface area (TPSA) is 62.2 Å². The molecule has 9 rings (SSSR count). The minimum absolute atomic E-state index is 0.0388. The lowest BCUT2D eigenvalue weighted by Crippen LogP contribution is -2.79. The van der Waals surface area contributed by atoms with Crippen LogP contribution in [0, 0.1) is 28.1 Å². The molecule has 2 aliphatic heterocycles. The maximum Gasteiger partial charge on any atom is 0.165 e. The Balaban J connectivity index is 1.30. The molecule has 2 aromatic carbocycles. The molecule has 0 radical (unpaired) electrons. The number of aliphatic hydroxyl groups excluding tert-OH is 1. The summed E-state index contributed by atoms with van der Waals surface area (Å²) in [4.78, 5) is 2.80. The minimum Gasteiger partial charge on any atom is -0.485 e. The Morgan fingerprint density at radius 3 is 2.54 bits per heavy atom. The van der Waals surface area contributed by atoms with Crippen LogP contribution in [0.15, 0.2) is 54.6 Å². The van der Waals surface area contributed by atoms with Crippen LogP contribution in [-0.4, -0.2) is 52.6 Å². The molecule has 2 N–H and O–H groups in total. The first-order chi connectivity index (χ1) is 19.6. The van der Waals surface area contributed by atoms with Crippen molar-refractivity contribution < 1.29 is 19.7 Å². The average Bonchev–Trinajstić information content (AvgIpc) is 3.70. The molecule has 5 aliphatic carbocycles. The number of likely N-dealkylation sites (tertiary alicyclic amines) is 1. The van der Waals surface area contributed by atoms with Crippen LogP contribution in [0.25, 0.3) is 0 Å². The molecule has 2 unspecified atom stereocenters. The Labute approximate surface area is 244 Å². The molecule has 4 bridgehead atoms. The van der Waals surface area contributed by atoms with Gasteiger partial charge >= 0.3 is 0 Å². The molecule has 7 aliphatic rings. The van der Waals surface area contributed by atoms with Crippen molar-refractivity contribution in [3.8, 4) is 11.5 Å². The zero-order chi connectivity index (χ0) is 28.4. The fourth-order valence-electron chi connectivity index (χ4n) is 9.94. The molecule has 2 heterocycles. The lowest BCUT2D eigenvalue weighted by molar-refractivity contribution is -0.238. The highest BCUT2D eigenvalue weighted by atomic mass is 16.5. The molecule has 0 aromatic heterocycles. The molecule has 7 atom stereocenters. The second kappa shape index (κ2) is 8.39. The molecule has 5 heteroatoms. The monoisotopic (exact) mass is 555 g/mol. The van der Waals surface area contributed by atoms with Crippen LogP contribution < -0.4 is 9.47 Å². The predicted molar refractivity (Wildman–Crippen MR) is 159 cm³/mol. The van der Waals surface area contributed by atoms with E-state index in [-0.39, 0.29) is 34.9 Å². The Bertz CT molecular complexity index is 1410. The lowest BCUT2D eigenvalue weighted by atomic mass is 9.33. The summed E-state index contributed by atoms with van der Waals surface area (Å²) in [5, 5.41) is 23.7. The number of ether oxygens (including phenoxy) is 2. The van der Waals surface area contributed by atoms with Crippen molar-refractivity contribution in [2.45, 2.75) is 89.6 Å². The maximum absolute atomic E-state index is 12.4. The summed E-state index contributed by atoms with van der Waals surface area (Å²) in [7, 11) is 0. The fraction of sp³-hybridized carbons (Fsp3) is 0.611. The van der Waals surface area contributed by atoms with E-state index in [0.717, 1.165) is 48.8 Å². The van der Waals surface area contributed by atoms with E-state index in [1.807, 2.05) is 25.1 Å². The van der Waals surface area contributed by atoms with Gasteiger partial charge in [0.2, 0.25) is 0 Å². The van der Waals surface area contributed by atoms with Gasteiger partial charge in [-0.05, 0) is 74.1 Å². The zero-order valence-electron chi connectivity index (χ0n) is 25.0. The molecule has 1 saturated heterocycles. The quantitative estimate of drug-likeness (QED) is 0.432. The second-order valence-electron chi connectivity index (χ2n) is 15.4. The van der Waals surface area contributed by atoms with Crippen molar-refractivity contribution in [2.24, 2.45) is 28.1 Å². The first-order valence-corrected chi connectivity index (χ1v) is 15.8. The van der Waals surface area contributed by atoms with E-state index in [1.165, 1.54) is 30.5 Å². The van der Waals surface area contributed by atoms with Gasteiger partial charge in [-0.3, -0.25) is 4.90 Å². The van der Waals surface area contributed by atoms with E-state index in [4.69, 9.17) is 9.47 Å². The van der Waals surface area contributed by atoms with Crippen molar-refractivity contribution in [3.63, 3.8) is 0 Å². The lowest BCUT2D eigenvalue weighted by Gasteiger charge is -2.73. The molecule has 218 valence electrons. The molecular weight excluding hydrogens is 510 g/mol. The number of hydrogen-bond acceptors (Lipinski definition) is 5. The number of aliphatic hydroxyl groups is 2. The van der Waals surface area contributed by atoms with Gasteiger partial charge < -0.3 is 19.7 Å². The highest BCUT2D eigenvalue weighted by Gasteiger charge is 2.80. The van der Waals surface area contributed by atoms with Crippen molar-refractivity contribution in [1.29, 1.82) is 0 Å². The number of hydrogen-bond donors (Lipinski definition) is 2. The Morgan fingerprint density at radius 2 is 1.83 bits per heavy atom. The van der Waals surface area contributed by atoms with Gasteiger partial charge in [-0.2, -0.15) is 0 Å². The minimum atomic E-state index is -0.990. The zero-order valence-corrected chi connectivity index (χ0v) is 25.0. The number of rotatable bonds is 7. The third kappa shape index (κ3) is 3.24. The molecule has 2 saturated carbocycles. The molecule has 2 aromatic rings. The van der Waals surface area contributed by atoms with Crippen molar-refractivity contribution in [2.75, 3.05) is 19.7 Å². The second-order valence-corrected chi connectivity index (χ2v) is 15.4. The Hall–Kier alpha value is -2.34. The van der Waals surface area contributed by atoms with Gasteiger partial charge in [-0.15, -0.1) is 0 Å². The van der Waals surface area contributed by atoms with Crippen LogP contribution in [0.5, 0.6) is 11.5 Å².